The summed E-state index contributed by atoms with van der Waals surface area (Å²) in [5.41, 5.74) is -0.932. The van der Waals surface area contributed by atoms with Crippen LogP contribution in [0, 0.1) is 46.8 Å². The van der Waals surface area contributed by atoms with Gasteiger partial charge in [-0.2, -0.15) is 0 Å². The van der Waals surface area contributed by atoms with Gasteiger partial charge in [0.1, 0.15) is 0 Å². The molecule has 0 bridgehead atoms. The van der Waals surface area contributed by atoms with E-state index in [1.54, 1.807) is 18.2 Å². The molecule has 0 aromatic heterocycles. The molecule has 2 aromatic carbocycles. The summed E-state index contributed by atoms with van der Waals surface area (Å²) in [5.74, 6) is -11.3. The van der Waals surface area contributed by atoms with Crippen molar-refractivity contribution < 1.29 is 31.4 Å². The monoisotopic (exact) mass is 454 g/mol. The van der Waals surface area contributed by atoms with E-state index in [1.807, 2.05) is 0 Å². The highest BCUT2D eigenvalue weighted by molar-refractivity contribution is 5.37. The first-order valence-electron chi connectivity index (χ1n) is 11.2. The summed E-state index contributed by atoms with van der Waals surface area (Å²) in [6.45, 7) is 2.40. The third-order valence-corrected chi connectivity index (χ3v) is 6.95. The average molecular weight is 454 g/mol. The second-order valence-electron chi connectivity index (χ2n) is 8.88. The van der Waals surface area contributed by atoms with Crippen LogP contribution in [0.4, 0.5) is 22.0 Å². The molecule has 1 saturated carbocycles. The minimum atomic E-state index is -2.21. The van der Waals surface area contributed by atoms with Crippen LogP contribution in [0.3, 0.4) is 0 Å². The maximum Gasteiger partial charge on any atom is 0.228 e. The molecule has 0 radical (unpaired) electrons. The van der Waals surface area contributed by atoms with Crippen LogP contribution in [-0.2, 0) is 15.3 Å². The number of ether oxygens (including phenoxy) is 2. The molecule has 0 spiro atoms. The maximum absolute atomic E-state index is 14.8. The zero-order valence-electron chi connectivity index (χ0n) is 18.0. The Hall–Kier alpha value is -1.99. The molecule has 2 aliphatic rings. The van der Waals surface area contributed by atoms with Crippen LogP contribution in [0.2, 0.25) is 0 Å². The van der Waals surface area contributed by atoms with Gasteiger partial charge in [-0.15, -0.1) is 0 Å². The highest BCUT2D eigenvalue weighted by Gasteiger charge is 2.49. The Morgan fingerprint density at radius 2 is 1.28 bits per heavy atom. The van der Waals surface area contributed by atoms with Gasteiger partial charge in [0, 0.05) is 11.5 Å². The Morgan fingerprint density at radius 1 is 0.750 bits per heavy atom. The van der Waals surface area contributed by atoms with Gasteiger partial charge < -0.3 is 9.47 Å². The summed E-state index contributed by atoms with van der Waals surface area (Å²) in [6.07, 6.45) is 6.65. The summed E-state index contributed by atoms with van der Waals surface area (Å²) in [7, 11) is 0. The van der Waals surface area contributed by atoms with Crippen LogP contribution in [0.15, 0.2) is 30.3 Å². The predicted octanol–water partition coefficient (Wildman–Crippen LogP) is 6.85. The predicted molar refractivity (Wildman–Crippen MR) is 109 cm³/mol. The van der Waals surface area contributed by atoms with Gasteiger partial charge in [-0.3, -0.25) is 0 Å². The first-order chi connectivity index (χ1) is 15.4. The molecule has 1 heterocycles. The molecule has 1 aliphatic heterocycles. The van der Waals surface area contributed by atoms with Crippen LogP contribution in [-0.4, -0.2) is 13.2 Å². The fourth-order valence-corrected chi connectivity index (χ4v) is 5.17. The van der Waals surface area contributed by atoms with Crippen molar-refractivity contribution in [1.29, 1.82) is 0 Å². The van der Waals surface area contributed by atoms with Gasteiger partial charge in [-0.05, 0) is 24.7 Å². The molecule has 0 atom stereocenters. The Bertz CT molecular complexity index is 904. The summed E-state index contributed by atoms with van der Waals surface area (Å²) >= 11 is 0. The van der Waals surface area contributed by atoms with Crippen molar-refractivity contribution in [3.8, 4) is 0 Å². The molecule has 1 aliphatic carbocycles. The first-order valence-corrected chi connectivity index (χ1v) is 11.2. The molecular weight excluding hydrogens is 427 g/mol. The largest absolute Gasteiger partial charge is 0.342 e. The van der Waals surface area contributed by atoms with Crippen LogP contribution in [0.25, 0.3) is 0 Å². The Labute approximate surface area is 184 Å². The molecule has 1 saturated heterocycles. The fraction of sp³-hybridized carbons (Fsp3) is 0.520. The third kappa shape index (κ3) is 4.05. The molecule has 174 valence electrons. The van der Waals surface area contributed by atoms with Gasteiger partial charge in [0.15, 0.2) is 23.3 Å². The molecule has 2 fully saturated rings. The highest BCUT2D eigenvalue weighted by atomic mass is 19.2. The van der Waals surface area contributed by atoms with E-state index in [1.165, 1.54) is 18.6 Å². The molecule has 2 aromatic rings. The normalized spacial score (nSPS) is 28.6. The van der Waals surface area contributed by atoms with Gasteiger partial charge in [0.2, 0.25) is 11.6 Å². The third-order valence-electron chi connectivity index (χ3n) is 6.95. The first kappa shape index (κ1) is 23.2. The van der Waals surface area contributed by atoms with Crippen molar-refractivity contribution in [3.05, 3.63) is 70.5 Å². The zero-order chi connectivity index (χ0) is 22.9. The molecular formula is C25H27F5O2. The number of halogens is 5. The van der Waals surface area contributed by atoms with E-state index in [0.29, 0.717) is 5.92 Å². The summed E-state index contributed by atoms with van der Waals surface area (Å²) in [4.78, 5) is 0. The Kier molecular flexibility index (Phi) is 6.86. The van der Waals surface area contributed by atoms with Crippen molar-refractivity contribution in [2.75, 3.05) is 13.2 Å². The van der Waals surface area contributed by atoms with E-state index < -0.39 is 40.4 Å². The lowest BCUT2D eigenvalue weighted by molar-refractivity contribution is -0.276. The van der Waals surface area contributed by atoms with Crippen LogP contribution in [0.1, 0.15) is 56.6 Å². The summed E-state index contributed by atoms with van der Waals surface area (Å²) in [5, 5.41) is 0. The van der Waals surface area contributed by atoms with Gasteiger partial charge in [0.25, 0.3) is 0 Å². The van der Waals surface area contributed by atoms with Crippen molar-refractivity contribution in [3.63, 3.8) is 0 Å². The van der Waals surface area contributed by atoms with Crippen molar-refractivity contribution in [1.82, 2.24) is 0 Å². The smallest absolute Gasteiger partial charge is 0.228 e. The minimum absolute atomic E-state index is 0.00400. The minimum Gasteiger partial charge on any atom is -0.342 e. The highest BCUT2D eigenvalue weighted by Crippen LogP contribution is 2.45. The van der Waals surface area contributed by atoms with Gasteiger partial charge in [-0.1, -0.05) is 62.9 Å². The van der Waals surface area contributed by atoms with E-state index in [-0.39, 0.29) is 24.7 Å². The van der Waals surface area contributed by atoms with E-state index in [0.717, 1.165) is 38.0 Å². The molecule has 0 N–H and O–H groups in total. The molecule has 0 unspecified atom stereocenters. The molecule has 7 heteroatoms. The van der Waals surface area contributed by atoms with E-state index in [2.05, 4.69) is 6.92 Å². The molecule has 0 amide bonds. The number of rotatable bonds is 5. The van der Waals surface area contributed by atoms with E-state index in [4.69, 9.17) is 9.47 Å². The zero-order valence-corrected chi connectivity index (χ0v) is 18.0. The van der Waals surface area contributed by atoms with E-state index >= 15 is 0 Å². The number of benzene rings is 2. The lowest BCUT2D eigenvalue weighted by Crippen LogP contribution is -2.46. The van der Waals surface area contributed by atoms with Crippen molar-refractivity contribution in [2.45, 2.75) is 51.2 Å². The topological polar surface area (TPSA) is 18.5 Å². The molecule has 4 rings (SSSR count). The summed E-state index contributed by atoms with van der Waals surface area (Å²) in [6, 6.07) is 7.85. The second-order valence-corrected chi connectivity index (χ2v) is 8.88. The lowest BCUT2D eigenvalue weighted by Gasteiger charge is -2.44. The molecule has 32 heavy (non-hydrogen) atoms. The van der Waals surface area contributed by atoms with Crippen LogP contribution in [0.5, 0.6) is 0 Å². The number of hydrogen-bond donors (Lipinski definition) is 0. The van der Waals surface area contributed by atoms with E-state index in [9.17, 15) is 22.0 Å². The second kappa shape index (κ2) is 9.48. The lowest BCUT2D eigenvalue weighted by atomic mass is 9.74. The fourth-order valence-electron chi connectivity index (χ4n) is 5.17. The summed E-state index contributed by atoms with van der Waals surface area (Å²) < 4.78 is 83.2. The van der Waals surface area contributed by atoms with Crippen LogP contribution < -0.4 is 0 Å². The van der Waals surface area contributed by atoms with Crippen LogP contribution >= 0.6 is 0 Å². The van der Waals surface area contributed by atoms with Crippen molar-refractivity contribution >= 4 is 0 Å². The SMILES string of the molecule is CCCC1CCC(C2COC(c3ccccc3)(c3c(F)c(F)c(F)c(F)c3F)OC2)CC1. The average Bonchev–Trinajstić information content (AvgIpc) is 2.83. The van der Waals surface area contributed by atoms with Gasteiger partial charge in [0.05, 0.1) is 18.8 Å². The quantitative estimate of drug-likeness (QED) is 0.279. The Balaban J connectivity index is 1.65. The van der Waals surface area contributed by atoms with Crippen molar-refractivity contribution in [2.24, 2.45) is 17.8 Å². The Morgan fingerprint density at radius 3 is 1.81 bits per heavy atom. The standard InChI is InChI=1S/C25H27F5O2/c1-2-6-15-9-11-16(12-10-15)17-13-31-25(32-14-17,18-7-4-3-5-8-18)19-20(26)22(28)24(30)23(29)21(19)27/h3-5,7-8,15-17H,2,6,9-14H2,1H3. The maximum atomic E-state index is 14.8. The molecule has 2 nitrogen and oxygen atoms in total. The number of hydrogen-bond acceptors (Lipinski definition) is 2. The van der Waals surface area contributed by atoms with Gasteiger partial charge in [-0.25, -0.2) is 22.0 Å². The van der Waals surface area contributed by atoms with Gasteiger partial charge >= 0.3 is 0 Å².